The first-order valence-electron chi connectivity index (χ1n) is 6.75. The van der Waals surface area contributed by atoms with E-state index in [2.05, 4.69) is 25.1 Å². The highest BCUT2D eigenvalue weighted by atomic mass is 16.5. The van der Waals surface area contributed by atoms with Crippen LogP contribution < -0.4 is 5.73 Å². The maximum absolute atomic E-state index is 10.5. The molecule has 3 unspecified atom stereocenters. The molecule has 1 aliphatic heterocycles. The third-order valence-corrected chi connectivity index (χ3v) is 3.81. The topological polar surface area (TPSA) is 55.5 Å². The lowest BCUT2D eigenvalue weighted by Gasteiger charge is -2.32. The van der Waals surface area contributed by atoms with Crippen LogP contribution in [0, 0.1) is 12.8 Å². The highest BCUT2D eigenvalue weighted by Gasteiger charge is 2.29. The van der Waals surface area contributed by atoms with Crippen LogP contribution in [0.4, 0.5) is 0 Å². The molecular weight excluding hydrogens is 226 g/mol. The number of aliphatic hydroxyl groups is 1. The molecule has 3 heteroatoms. The van der Waals surface area contributed by atoms with Gasteiger partial charge in [-0.1, -0.05) is 29.8 Å². The standard InChI is InChI=1S/C15H23NO2/c1-11-4-2-5-12(8-11)14(9-16)15(17)13-6-3-7-18-10-13/h2,4-5,8,13-15,17H,3,6-7,9-10,16H2,1H3. The molecule has 1 aliphatic rings. The van der Waals surface area contributed by atoms with Gasteiger partial charge in [-0.25, -0.2) is 0 Å². The Morgan fingerprint density at radius 2 is 2.33 bits per heavy atom. The van der Waals surface area contributed by atoms with E-state index in [-0.39, 0.29) is 11.8 Å². The quantitative estimate of drug-likeness (QED) is 0.856. The van der Waals surface area contributed by atoms with E-state index in [1.54, 1.807) is 0 Å². The number of aliphatic hydroxyl groups excluding tert-OH is 1. The van der Waals surface area contributed by atoms with E-state index in [4.69, 9.17) is 10.5 Å². The van der Waals surface area contributed by atoms with Gasteiger partial charge in [-0.05, 0) is 25.3 Å². The summed E-state index contributed by atoms with van der Waals surface area (Å²) in [5.41, 5.74) is 8.20. The summed E-state index contributed by atoms with van der Waals surface area (Å²) in [4.78, 5) is 0. The lowest BCUT2D eigenvalue weighted by Crippen LogP contribution is -2.36. The summed E-state index contributed by atoms with van der Waals surface area (Å²) in [5.74, 6) is 0.226. The number of nitrogens with two attached hydrogens (primary N) is 1. The summed E-state index contributed by atoms with van der Waals surface area (Å²) in [5, 5.41) is 10.5. The first-order valence-corrected chi connectivity index (χ1v) is 6.75. The Balaban J connectivity index is 2.11. The second kappa shape index (κ2) is 6.32. The number of rotatable bonds is 4. The van der Waals surface area contributed by atoms with Crippen LogP contribution in [0.15, 0.2) is 24.3 Å². The molecule has 18 heavy (non-hydrogen) atoms. The predicted molar refractivity (Wildman–Crippen MR) is 72.5 cm³/mol. The number of aryl methyl sites for hydroxylation is 1. The first kappa shape index (κ1) is 13.5. The summed E-state index contributed by atoms with van der Waals surface area (Å²) in [7, 11) is 0. The van der Waals surface area contributed by atoms with Crippen LogP contribution in [0.5, 0.6) is 0 Å². The highest BCUT2D eigenvalue weighted by Crippen LogP contribution is 2.28. The molecule has 0 saturated carbocycles. The first-order chi connectivity index (χ1) is 8.72. The third kappa shape index (κ3) is 3.10. The molecule has 1 saturated heterocycles. The van der Waals surface area contributed by atoms with Crippen molar-refractivity contribution < 1.29 is 9.84 Å². The van der Waals surface area contributed by atoms with Crippen molar-refractivity contribution in [3.05, 3.63) is 35.4 Å². The summed E-state index contributed by atoms with van der Waals surface area (Å²) in [6.45, 7) is 4.01. The molecule has 0 amide bonds. The van der Waals surface area contributed by atoms with Gasteiger partial charge in [0.15, 0.2) is 0 Å². The van der Waals surface area contributed by atoms with Gasteiger partial charge in [0, 0.05) is 25.0 Å². The molecular formula is C15H23NO2. The van der Waals surface area contributed by atoms with Crippen molar-refractivity contribution >= 4 is 0 Å². The number of benzene rings is 1. The molecule has 1 heterocycles. The van der Waals surface area contributed by atoms with Gasteiger partial charge in [0.25, 0.3) is 0 Å². The average Bonchev–Trinajstić information content (AvgIpc) is 2.40. The zero-order chi connectivity index (χ0) is 13.0. The smallest absolute Gasteiger partial charge is 0.0670 e. The van der Waals surface area contributed by atoms with Gasteiger partial charge in [0.1, 0.15) is 0 Å². The monoisotopic (exact) mass is 249 g/mol. The molecule has 3 nitrogen and oxygen atoms in total. The molecule has 1 fully saturated rings. The fourth-order valence-corrected chi connectivity index (χ4v) is 2.74. The van der Waals surface area contributed by atoms with Gasteiger partial charge in [0.05, 0.1) is 12.7 Å². The minimum absolute atomic E-state index is 0.0107. The van der Waals surface area contributed by atoms with Gasteiger partial charge in [0.2, 0.25) is 0 Å². The number of hydrogen-bond donors (Lipinski definition) is 2. The predicted octanol–water partition coefficient (Wildman–Crippen LogP) is 1.82. The van der Waals surface area contributed by atoms with E-state index in [1.807, 2.05) is 6.07 Å². The van der Waals surface area contributed by atoms with E-state index >= 15 is 0 Å². The Kier molecular flexibility index (Phi) is 4.75. The Morgan fingerprint density at radius 1 is 1.50 bits per heavy atom. The number of ether oxygens (including phenoxy) is 1. The van der Waals surface area contributed by atoms with Crippen LogP contribution in [0.3, 0.4) is 0 Å². The summed E-state index contributed by atoms with van der Waals surface area (Å²) in [6.07, 6.45) is 1.66. The summed E-state index contributed by atoms with van der Waals surface area (Å²) in [6, 6.07) is 8.26. The maximum atomic E-state index is 10.5. The number of hydrogen-bond acceptors (Lipinski definition) is 3. The van der Waals surface area contributed by atoms with Crippen molar-refractivity contribution in [2.45, 2.75) is 31.8 Å². The summed E-state index contributed by atoms with van der Waals surface area (Å²) >= 11 is 0. The lowest BCUT2D eigenvalue weighted by atomic mass is 9.83. The zero-order valence-electron chi connectivity index (χ0n) is 11.0. The molecule has 2 rings (SSSR count). The van der Waals surface area contributed by atoms with Crippen LogP contribution in [-0.2, 0) is 4.74 Å². The van der Waals surface area contributed by atoms with E-state index < -0.39 is 6.10 Å². The SMILES string of the molecule is Cc1cccc(C(CN)C(O)C2CCCOC2)c1. The van der Waals surface area contributed by atoms with Crippen molar-refractivity contribution in [1.29, 1.82) is 0 Å². The second-order valence-corrected chi connectivity index (χ2v) is 5.22. The molecule has 1 aromatic carbocycles. The van der Waals surface area contributed by atoms with Crippen molar-refractivity contribution in [3.63, 3.8) is 0 Å². The molecule has 3 atom stereocenters. The Labute approximate surface area is 109 Å². The maximum Gasteiger partial charge on any atom is 0.0670 e. The molecule has 100 valence electrons. The normalized spacial score (nSPS) is 23.6. The van der Waals surface area contributed by atoms with Gasteiger partial charge >= 0.3 is 0 Å². The van der Waals surface area contributed by atoms with Crippen molar-refractivity contribution in [3.8, 4) is 0 Å². The van der Waals surface area contributed by atoms with Crippen LogP contribution in [0.1, 0.15) is 29.9 Å². The van der Waals surface area contributed by atoms with Crippen LogP contribution >= 0.6 is 0 Å². The lowest BCUT2D eigenvalue weighted by molar-refractivity contribution is -0.0184. The Bertz CT molecular complexity index is 375. The van der Waals surface area contributed by atoms with E-state index in [9.17, 15) is 5.11 Å². The van der Waals surface area contributed by atoms with Gasteiger partial charge in [-0.2, -0.15) is 0 Å². The molecule has 0 aliphatic carbocycles. The molecule has 3 N–H and O–H groups in total. The summed E-state index contributed by atoms with van der Waals surface area (Å²) < 4.78 is 5.46. The minimum Gasteiger partial charge on any atom is -0.392 e. The van der Waals surface area contributed by atoms with Crippen molar-refractivity contribution in [1.82, 2.24) is 0 Å². The van der Waals surface area contributed by atoms with Gasteiger partial charge < -0.3 is 15.6 Å². The van der Waals surface area contributed by atoms with Crippen molar-refractivity contribution in [2.24, 2.45) is 11.7 Å². The largest absolute Gasteiger partial charge is 0.392 e. The van der Waals surface area contributed by atoms with Gasteiger partial charge in [-0.15, -0.1) is 0 Å². The zero-order valence-corrected chi connectivity index (χ0v) is 11.0. The molecule has 0 aromatic heterocycles. The molecule has 0 spiro atoms. The van der Waals surface area contributed by atoms with Crippen LogP contribution in [0.2, 0.25) is 0 Å². The molecule has 0 radical (unpaired) electrons. The van der Waals surface area contributed by atoms with Gasteiger partial charge in [-0.3, -0.25) is 0 Å². The van der Waals surface area contributed by atoms with E-state index in [1.165, 1.54) is 5.56 Å². The van der Waals surface area contributed by atoms with E-state index in [0.29, 0.717) is 13.2 Å². The second-order valence-electron chi connectivity index (χ2n) is 5.22. The molecule has 1 aromatic rings. The highest BCUT2D eigenvalue weighted by molar-refractivity contribution is 5.26. The fourth-order valence-electron chi connectivity index (χ4n) is 2.74. The minimum atomic E-state index is -0.405. The van der Waals surface area contributed by atoms with Crippen molar-refractivity contribution in [2.75, 3.05) is 19.8 Å². The Hall–Kier alpha value is -0.900. The molecule has 0 bridgehead atoms. The average molecular weight is 249 g/mol. The Morgan fingerprint density at radius 3 is 2.94 bits per heavy atom. The fraction of sp³-hybridized carbons (Fsp3) is 0.600. The van der Waals surface area contributed by atoms with Crippen LogP contribution in [0.25, 0.3) is 0 Å². The third-order valence-electron chi connectivity index (χ3n) is 3.81. The van der Waals surface area contributed by atoms with Crippen LogP contribution in [-0.4, -0.2) is 31.0 Å². The van der Waals surface area contributed by atoms with E-state index in [0.717, 1.165) is 25.0 Å².